The smallest absolute Gasteiger partial charge is 0.341 e. The van der Waals surface area contributed by atoms with E-state index in [4.69, 9.17) is 4.74 Å². The average Bonchev–Trinajstić information content (AvgIpc) is 3.27. The Balaban J connectivity index is 1.91. The maximum Gasteiger partial charge on any atom is 0.341 e. The Labute approximate surface area is 201 Å². The fourth-order valence-electron chi connectivity index (χ4n) is 4.35. The van der Waals surface area contributed by atoms with E-state index in [0.29, 0.717) is 29.4 Å². The van der Waals surface area contributed by atoms with Crippen molar-refractivity contribution in [1.29, 1.82) is 0 Å². The summed E-state index contributed by atoms with van der Waals surface area (Å²) in [6.07, 6.45) is 3.77. The van der Waals surface area contributed by atoms with Crippen LogP contribution in [0.1, 0.15) is 59.5 Å². The molecule has 2 aromatic heterocycles. The molecule has 1 amide bonds. The Morgan fingerprint density at radius 1 is 1.26 bits per heavy atom. The fourth-order valence-corrected chi connectivity index (χ4v) is 5.20. The van der Waals surface area contributed by atoms with Crippen molar-refractivity contribution in [2.24, 2.45) is 5.41 Å². The molecule has 1 atom stereocenters. The molecule has 4 rings (SSSR count). The summed E-state index contributed by atoms with van der Waals surface area (Å²) in [5.41, 5.74) is 2.35. The molecule has 2 N–H and O–H groups in total. The van der Waals surface area contributed by atoms with Crippen LogP contribution in [-0.2, 0) is 6.42 Å². The Morgan fingerprint density at radius 3 is 2.62 bits per heavy atom. The molecule has 3 heterocycles. The molecule has 1 aliphatic rings. The maximum absolute atomic E-state index is 12.6. The van der Waals surface area contributed by atoms with Crippen LogP contribution in [0.15, 0.2) is 35.4 Å². The number of pyridine rings is 1. The van der Waals surface area contributed by atoms with Gasteiger partial charge in [0.2, 0.25) is 0 Å². The first-order chi connectivity index (χ1) is 16.0. The second-order valence-electron chi connectivity index (χ2n) is 9.33. The van der Waals surface area contributed by atoms with Crippen molar-refractivity contribution >= 4 is 23.2 Å². The molecule has 1 unspecified atom stereocenters. The van der Waals surface area contributed by atoms with E-state index < -0.39 is 11.4 Å². The molecule has 1 aromatic carbocycles. The van der Waals surface area contributed by atoms with Crippen LogP contribution in [-0.4, -0.2) is 40.2 Å². The third-order valence-electron chi connectivity index (χ3n) is 6.06. The molecule has 178 valence electrons. The van der Waals surface area contributed by atoms with Crippen molar-refractivity contribution in [1.82, 2.24) is 14.9 Å². The molecule has 1 aliphatic heterocycles. The molecular weight excluding hydrogens is 454 g/mol. The number of carboxylic acid groups (broad SMARTS) is 1. The summed E-state index contributed by atoms with van der Waals surface area (Å²) >= 11 is 1.29. The topological polar surface area (TPSA) is 111 Å². The Morgan fingerprint density at radius 2 is 2.00 bits per heavy atom. The zero-order valence-electron chi connectivity index (χ0n) is 19.8. The van der Waals surface area contributed by atoms with Gasteiger partial charge in [0.15, 0.2) is 10.4 Å². The van der Waals surface area contributed by atoms with E-state index in [1.165, 1.54) is 23.6 Å². The molecule has 3 aromatic rings. The number of benzene rings is 1. The van der Waals surface area contributed by atoms with Gasteiger partial charge in [0.25, 0.3) is 5.91 Å². The predicted molar refractivity (Wildman–Crippen MR) is 131 cm³/mol. The zero-order chi connectivity index (χ0) is 24.8. The number of amides is 1. The van der Waals surface area contributed by atoms with Crippen LogP contribution in [0.5, 0.6) is 5.75 Å². The molecule has 0 spiro atoms. The molecule has 0 radical (unpaired) electrons. The highest BCUT2D eigenvalue weighted by Gasteiger charge is 2.34. The van der Waals surface area contributed by atoms with Crippen molar-refractivity contribution in [3.05, 3.63) is 57.0 Å². The highest BCUT2D eigenvalue weighted by Crippen LogP contribution is 2.46. The van der Waals surface area contributed by atoms with Gasteiger partial charge < -0.3 is 19.7 Å². The van der Waals surface area contributed by atoms with Crippen LogP contribution in [0.2, 0.25) is 0 Å². The van der Waals surface area contributed by atoms with E-state index >= 15 is 0 Å². The number of thiazole rings is 1. The largest absolute Gasteiger partial charge is 0.496 e. The molecule has 0 bridgehead atoms. The number of aromatic carboxylic acids is 1. The van der Waals surface area contributed by atoms with Gasteiger partial charge in [0.1, 0.15) is 11.3 Å². The lowest BCUT2D eigenvalue weighted by molar-refractivity contribution is 0.0693. The zero-order valence-corrected chi connectivity index (χ0v) is 20.6. The van der Waals surface area contributed by atoms with Crippen LogP contribution >= 0.6 is 11.3 Å². The molecule has 9 heteroatoms. The standard InChI is InChI=1S/C25H27N3O5S/c1-6-26-22(30)23-27-11-20(34-23)15-7-13-8-21(25(2,3)4)28-12-16(24(31)32)18(29)10-17(28)14(13)9-19(15)33-5/h7,9-12,21H,6,8H2,1-5H3,(H,26,30)(H,31,32). The normalized spacial score (nSPS) is 14.8. The van der Waals surface area contributed by atoms with Gasteiger partial charge in [-0.25, -0.2) is 9.78 Å². The Hall–Kier alpha value is -3.46. The first-order valence-corrected chi connectivity index (χ1v) is 11.8. The number of nitrogens with one attached hydrogen (secondary N) is 1. The maximum atomic E-state index is 12.6. The quantitative estimate of drug-likeness (QED) is 0.564. The third-order valence-corrected chi connectivity index (χ3v) is 7.09. The lowest BCUT2D eigenvalue weighted by Crippen LogP contribution is -2.32. The van der Waals surface area contributed by atoms with Crippen molar-refractivity contribution in [3.8, 4) is 27.4 Å². The molecule has 0 aliphatic carbocycles. The second kappa shape index (κ2) is 8.72. The monoisotopic (exact) mass is 481 g/mol. The fraction of sp³-hybridized carbons (Fsp3) is 0.360. The number of hydrogen-bond acceptors (Lipinski definition) is 6. The molecule has 0 saturated heterocycles. The minimum atomic E-state index is -1.24. The summed E-state index contributed by atoms with van der Waals surface area (Å²) in [6.45, 7) is 8.66. The number of carbonyl (C=O) groups excluding carboxylic acids is 1. The number of hydrogen-bond donors (Lipinski definition) is 2. The predicted octanol–water partition coefficient (Wildman–Crippen LogP) is 4.24. The van der Waals surface area contributed by atoms with E-state index in [1.807, 2.05) is 23.6 Å². The van der Waals surface area contributed by atoms with Gasteiger partial charge in [-0.3, -0.25) is 9.59 Å². The summed E-state index contributed by atoms with van der Waals surface area (Å²) in [4.78, 5) is 41.5. The van der Waals surface area contributed by atoms with Crippen molar-refractivity contribution in [2.45, 2.75) is 40.2 Å². The Kier molecular flexibility index (Phi) is 6.07. The summed E-state index contributed by atoms with van der Waals surface area (Å²) < 4.78 is 7.59. The third kappa shape index (κ3) is 4.11. The van der Waals surface area contributed by atoms with Crippen LogP contribution < -0.4 is 15.5 Å². The van der Waals surface area contributed by atoms with Crippen LogP contribution in [0.3, 0.4) is 0 Å². The SMILES string of the molecule is CCNC(=O)c1ncc(-c2cc3c(cc2OC)-c2cc(=O)c(C(=O)O)cn2C(C(C)(C)C)C3)s1. The molecule has 34 heavy (non-hydrogen) atoms. The summed E-state index contributed by atoms with van der Waals surface area (Å²) in [5.74, 6) is -0.869. The highest BCUT2D eigenvalue weighted by molar-refractivity contribution is 7.17. The average molecular weight is 482 g/mol. The van der Waals surface area contributed by atoms with Crippen molar-refractivity contribution < 1.29 is 19.4 Å². The minimum absolute atomic E-state index is 0.0673. The van der Waals surface area contributed by atoms with E-state index in [2.05, 4.69) is 31.1 Å². The van der Waals surface area contributed by atoms with E-state index in [-0.39, 0.29) is 22.9 Å². The van der Waals surface area contributed by atoms with Gasteiger partial charge in [0.05, 0.1) is 17.7 Å². The number of aromatic nitrogens is 2. The van der Waals surface area contributed by atoms with Crippen LogP contribution in [0, 0.1) is 5.41 Å². The molecule has 0 fully saturated rings. The van der Waals surface area contributed by atoms with E-state index in [0.717, 1.165) is 21.6 Å². The number of ether oxygens (including phenoxy) is 1. The van der Waals surface area contributed by atoms with Gasteiger partial charge >= 0.3 is 5.97 Å². The van der Waals surface area contributed by atoms with Crippen molar-refractivity contribution in [2.75, 3.05) is 13.7 Å². The summed E-state index contributed by atoms with van der Waals surface area (Å²) in [5, 5.41) is 12.6. The summed E-state index contributed by atoms with van der Waals surface area (Å²) in [7, 11) is 1.57. The van der Waals surface area contributed by atoms with E-state index in [9.17, 15) is 19.5 Å². The van der Waals surface area contributed by atoms with Gasteiger partial charge in [-0.2, -0.15) is 0 Å². The van der Waals surface area contributed by atoms with Gasteiger partial charge in [0, 0.05) is 42.2 Å². The number of carboxylic acids is 1. The molecular formula is C25H27N3O5S. The number of methoxy groups -OCH3 is 1. The molecule has 0 saturated carbocycles. The lowest BCUT2D eigenvalue weighted by atomic mass is 9.78. The second-order valence-corrected chi connectivity index (χ2v) is 10.4. The summed E-state index contributed by atoms with van der Waals surface area (Å²) in [6, 6.07) is 5.24. The van der Waals surface area contributed by atoms with Gasteiger partial charge in [-0.15, -0.1) is 11.3 Å². The minimum Gasteiger partial charge on any atom is -0.496 e. The van der Waals surface area contributed by atoms with Gasteiger partial charge in [-0.05, 0) is 36.5 Å². The number of rotatable bonds is 5. The first-order valence-electron chi connectivity index (χ1n) is 11.0. The number of carbonyl (C=O) groups is 2. The van der Waals surface area contributed by atoms with Crippen LogP contribution in [0.4, 0.5) is 0 Å². The Bertz CT molecular complexity index is 1350. The van der Waals surface area contributed by atoms with Gasteiger partial charge in [-0.1, -0.05) is 20.8 Å². The van der Waals surface area contributed by atoms with Crippen LogP contribution in [0.25, 0.3) is 21.7 Å². The number of fused-ring (bicyclic) bond motifs is 3. The molecule has 8 nitrogen and oxygen atoms in total. The lowest BCUT2D eigenvalue weighted by Gasteiger charge is -2.39. The first kappa shape index (κ1) is 23.7. The number of nitrogens with zero attached hydrogens (tertiary/aromatic N) is 2. The van der Waals surface area contributed by atoms with E-state index in [1.54, 1.807) is 13.3 Å². The highest BCUT2D eigenvalue weighted by atomic mass is 32.1. The van der Waals surface area contributed by atoms with Crippen molar-refractivity contribution in [3.63, 3.8) is 0 Å².